The fraction of sp³-hybridized carbons (Fsp3) is 0.500. The Balaban J connectivity index is 1.54. The molecule has 2 aromatic heterocycles. The van der Waals surface area contributed by atoms with Gasteiger partial charge in [-0.25, -0.2) is 9.97 Å². The van der Waals surface area contributed by atoms with E-state index in [2.05, 4.69) is 15.1 Å². The summed E-state index contributed by atoms with van der Waals surface area (Å²) in [4.78, 5) is 23.1. The molecule has 0 saturated carbocycles. The van der Waals surface area contributed by atoms with E-state index >= 15 is 0 Å². The summed E-state index contributed by atoms with van der Waals surface area (Å²) in [5, 5.41) is 4.31. The third-order valence-electron chi connectivity index (χ3n) is 4.05. The molecule has 1 saturated heterocycles. The molecule has 1 aliphatic heterocycles. The quantitative estimate of drug-likeness (QED) is 0.862. The van der Waals surface area contributed by atoms with Gasteiger partial charge in [-0.1, -0.05) is 0 Å². The van der Waals surface area contributed by atoms with Crippen molar-refractivity contribution in [2.45, 2.75) is 39.2 Å². The number of carbonyl (C=O) groups excluding carboxylic acids is 1. The van der Waals surface area contributed by atoms with Gasteiger partial charge in [0.05, 0.1) is 5.69 Å². The molecule has 1 atom stereocenters. The van der Waals surface area contributed by atoms with Crippen LogP contribution in [0.3, 0.4) is 0 Å². The van der Waals surface area contributed by atoms with E-state index in [0.29, 0.717) is 13.0 Å². The molecule has 0 bridgehead atoms. The molecule has 0 spiro atoms. The van der Waals surface area contributed by atoms with Crippen LogP contribution < -0.4 is 0 Å². The van der Waals surface area contributed by atoms with Crippen LogP contribution in [0.5, 0.6) is 0 Å². The van der Waals surface area contributed by atoms with Crippen molar-refractivity contribution in [2.24, 2.45) is 0 Å². The number of hydrogen-bond donors (Lipinski definition) is 0. The van der Waals surface area contributed by atoms with Gasteiger partial charge in [0.25, 0.3) is 0 Å². The lowest BCUT2D eigenvalue weighted by atomic mass is 10.1. The van der Waals surface area contributed by atoms with Crippen LogP contribution in [-0.4, -0.2) is 43.6 Å². The van der Waals surface area contributed by atoms with E-state index in [9.17, 15) is 4.79 Å². The zero-order valence-electron chi connectivity index (χ0n) is 13.1. The lowest BCUT2D eigenvalue weighted by molar-refractivity contribution is -0.130. The smallest absolute Gasteiger partial charge is 0.224 e. The Morgan fingerprint density at radius 3 is 2.91 bits per heavy atom. The molecular weight excluding hydrogens is 278 g/mol. The minimum absolute atomic E-state index is 0.184. The first-order valence-corrected chi connectivity index (χ1v) is 7.69. The highest BCUT2D eigenvalue weighted by Crippen LogP contribution is 2.25. The molecule has 3 heterocycles. The molecule has 1 fully saturated rings. The molecule has 1 aliphatic rings. The number of carbonyl (C=O) groups is 1. The molecule has 6 heteroatoms. The van der Waals surface area contributed by atoms with Gasteiger partial charge in [0.15, 0.2) is 0 Å². The van der Waals surface area contributed by atoms with Crippen LogP contribution in [0.25, 0.3) is 0 Å². The van der Waals surface area contributed by atoms with Crippen molar-refractivity contribution in [3.63, 3.8) is 0 Å². The van der Waals surface area contributed by atoms with Crippen LogP contribution in [0.4, 0.5) is 0 Å². The lowest BCUT2D eigenvalue weighted by Crippen LogP contribution is -2.29. The second-order valence-electron chi connectivity index (χ2n) is 5.85. The van der Waals surface area contributed by atoms with E-state index in [-0.39, 0.29) is 11.8 Å². The van der Waals surface area contributed by atoms with Crippen LogP contribution in [0.2, 0.25) is 0 Å². The normalized spacial score (nSPS) is 17.9. The average Bonchev–Trinajstić information content (AvgIpc) is 3.14. The fourth-order valence-electron chi connectivity index (χ4n) is 2.82. The van der Waals surface area contributed by atoms with E-state index in [1.165, 1.54) is 0 Å². The number of likely N-dealkylation sites (tertiary alicyclic amines) is 1. The van der Waals surface area contributed by atoms with Gasteiger partial charge in [0, 0.05) is 50.1 Å². The van der Waals surface area contributed by atoms with Crippen molar-refractivity contribution in [1.82, 2.24) is 24.6 Å². The van der Waals surface area contributed by atoms with E-state index in [1.54, 1.807) is 6.20 Å². The summed E-state index contributed by atoms with van der Waals surface area (Å²) in [7, 11) is 0. The number of aromatic nitrogens is 4. The zero-order chi connectivity index (χ0) is 15.5. The molecule has 6 nitrogen and oxygen atoms in total. The summed E-state index contributed by atoms with van der Waals surface area (Å²) >= 11 is 0. The number of nitrogens with zero attached hydrogens (tertiary/aromatic N) is 5. The Hall–Kier alpha value is -2.24. The summed E-state index contributed by atoms with van der Waals surface area (Å²) in [6, 6.07) is 3.85. The van der Waals surface area contributed by atoms with Gasteiger partial charge in [-0.2, -0.15) is 5.10 Å². The van der Waals surface area contributed by atoms with Crippen LogP contribution in [-0.2, 0) is 11.3 Å². The standard InChI is InChI=1S/C16H21N5O/c1-12-3-7-17-16(18-12)14-5-8-20(11-14)15(22)6-10-21-9-4-13(2)19-21/h3-4,7,9,14H,5-6,8,10-11H2,1-2H3. The van der Waals surface area contributed by atoms with Gasteiger partial charge in [-0.15, -0.1) is 0 Å². The summed E-state index contributed by atoms with van der Waals surface area (Å²) in [5.41, 5.74) is 1.95. The summed E-state index contributed by atoms with van der Waals surface area (Å²) in [6.45, 7) is 6.06. The number of hydrogen-bond acceptors (Lipinski definition) is 4. The van der Waals surface area contributed by atoms with E-state index < -0.39 is 0 Å². The van der Waals surface area contributed by atoms with E-state index in [1.807, 2.05) is 41.8 Å². The fourth-order valence-corrected chi connectivity index (χ4v) is 2.82. The summed E-state index contributed by atoms with van der Waals surface area (Å²) in [6.07, 6.45) is 5.14. The van der Waals surface area contributed by atoms with Crippen LogP contribution in [0.1, 0.15) is 36.0 Å². The second kappa shape index (κ2) is 6.25. The van der Waals surface area contributed by atoms with Gasteiger partial charge in [0.1, 0.15) is 5.82 Å². The first kappa shape index (κ1) is 14.7. The van der Waals surface area contributed by atoms with Crippen molar-refractivity contribution < 1.29 is 4.79 Å². The SMILES string of the molecule is Cc1ccnc(C2CCN(C(=O)CCn3ccc(C)n3)C2)n1. The molecule has 116 valence electrons. The predicted molar refractivity (Wildman–Crippen MR) is 82.3 cm³/mol. The number of amides is 1. The molecule has 0 N–H and O–H groups in total. The maximum atomic E-state index is 12.3. The highest BCUT2D eigenvalue weighted by Gasteiger charge is 2.28. The van der Waals surface area contributed by atoms with Crippen molar-refractivity contribution in [3.8, 4) is 0 Å². The highest BCUT2D eigenvalue weighted by atomic mass is 16.2. The van der Waals surface area contributed by atoms with Crippen LogP contribution >= 0.6 is 0 Å². The first-order chi connectivity index (χ1) is 10.6. The maximum absolute atomic E-state index is 12.3. The first-order valence-electron chi connectivity index (χ1n) is 7.69. The van der Waals surface area contributed by atoms with Gasteiger partial charge in [-0.05, 0) is 32.4 Å². The topological polar surface area (TPSA) is 63.9 Å². The molecule has 3 rings (SSSR count). The minimum atomic E-state index is 0.184. The molecule has 0 aromatic carbocycles. The number of rotatable bonds is 4. The van der Waals surface area contributed by atoms with Crippen molar-refractivity contribution in [1.29, 1.82) is 0 Å². The van der Waals surface area contributed by atoms with Crippen molar-refractivity contribution in [3.05, 3.63) is 41.7 Å². The Bertz CT molecular complexity index is 666. The predicted octanol–water partition coefficient (Wildman–Crippen LogP) is 1.70. The molecule has 0 radical (unpaired) electrons. The Kier molecular flexibility index (Phi) is 4.18. The second-order valence-corrected chi connectivity index (χ2v) is 5.85. The minimum Gasteiger partial charge on any atom is -0.342 e. The maximum Gasteiger partial charge on any atom is 0.224 e. The molecule has 22 heavy (non-hydrogen) atoms. The largest absolute Gasteiger partial charge is 0.342 e. The third kappa shape index (κ3) is 3.32. The third-order valence-corrected chi connectivity index (χ3v) is 4.05. The van der Waals surface area contributed by atoms with Crippen molar-refractivity contribution in [2.75, 3.05) is 13.1 Å². The van der Waals surface area contributed by atoms with Gasteiger partial charge in [-0.3, -0.25) is 9.48 Å². The van der Waals surface area contributed by atoms with E-state index in [4.69, 9.17) is 0 Å². The van der Waals surface area contributed by atoms with Gasteiger partial charge >= 0.3 is 0 Å². The highest BCUT2D eigenvalue weighted by molar-refractivity contribution is 5.76. The van der Waals surface area contributed by atoms with Crippen LogP contribution in [0.15, 0.2) is 24.5 Å². The Morgan fingerprint density at radius 2 is 2.18 bits per heavy atom. The van der Waals surface area contributed by atoms with Crippen molar-refractivity contribution >= 4 is 5.91 Å². The Labute approximate surface area is 130 Å². The molecular formula is C16H21N5O. The Morgan fingerprint density at radius 1 is 1.32 bits per heavy atom. The molecule has 2 aromatic rings. The summed E-state index contributed by atoms with van der Waals surface area (Å²) < 4.78 is 1.82. The molecule has 1 unspecified atom stereocenters. The molecule has 0 aliphatic carbocycles. The van der Waals surface area contributed by atoms with Crippen LogP contribution in [0, 0.1) is 13.8 Å². The monoisotopic (exact) mass is 299 g/mol. The summed E-state index contributed by atoms with van der Waals surface area (Å²) in [5.74, 6) is 1.30. The van der Waals surface area contributed by atoms with E-state index in [0.717, 1.165) is 36.7 Å². The van der Waals surface area contributed by atoms with Gasteiger partial charge < -0.3 is 4.90 Å². The van der Waals surface area contributed by atoms with Gasteiger partial charge in [0.2, 0.25) is 5.91 Å². The molecule has 1 amide bonds. The zero-order valence-corrected chi connectivity index (χ0v) is 13.1. The lowest BCUT2D eigenvalue weighted by Gasteiger charge is -2.16. The number of aryl methyl sites for hydroxylation is 3. The average molecular weight is 299 g/mol.